The highest BCUT2D eigenvalue weighted by Gasteiger charge is 2.16. The predicted octanol–water partition coefficient (Wildman–Crippen LogP) is 1.40. The second-order valence-corrected chi connectivity index (χ2v) is 4.41. The molecule has 0 saturated carbocycles. The highest BCUT2D eigenvalue weighted by Crippen LogP contribution is 2.19. The van der Waals surface area contributed by atoms with Crippen molar-refractivity contribution in [1.29, 1.82) is 0 Å². The first kappa shape index (κ1) is 13.7. The summed E-state index contributed by atoms with van der Waals surface area (Å²) in [4.78, 5) is 13.0. The minimum atomic E-state index is 0.224. The van der Waals surface area contributed by atoms with Crippen LogP contribution < -0.4 is 4.90 Å². The maximum absolute atomic E-state index is 11.0. The molecule has 0 unspecified atom stereocenters. The van der Waals surface area contributed by atoms with E-state index in [0.717, 1.165) is 24.3 Å². The molecule has 1 aromatic rings. The smallest absolute Gasteiger partial charge is 0.155 e. The first-order valence-corrected chi connectivity index (χ1v) is 5.78. The highest BCUT2D eigenvalue weighted by atomic mass is 16.5. The lowest BCUT2D eigenvalue weighted by atomic mass is 10.2. The number of likely N-dealkylation sites (N-methyl/N-ethyl adjacent to an activating group) is 1. The van der Waals surface area contributed by atoms with Crippen molar-refractivity contribution in [3.8, 4) is 0 Å². The minimum Gasteiger partial charge on any atom is -0.377 e. The Morgan fingerprint density at radius 1 is 1.53 bits per heavy atom. The Morgan fingerprint density at radius 3 is 2.71 bits per heavy atom. The molecule has 0 fully saturated rings. The van der Waals surface area contributed by atoms with Gasteiger partial charge in [0.2, 0.25) is 0 Å². The summed E-state index contributed by atoms with van der Waals surface area (Å²) in [5.74, 6) is 0.838. The molecule has 0 spiro atoms. The average Bonchev–Trinajstić information content (AvgIpc) is 2.52. The first-order valence-electron chi connectivity index (χ1n) is 5.78. The number of carbonyl (C=O) groups is 1. The van der Waals surface area contributed by atoms with Crippen LogP contribution in [0.5, 0.6) is 0 Å². The van der Waals surface area contributed by atoms with Gasteiger partial charge in [-0.25, -0.2) is 0 Å². The summed E-state index contributed by atoms with van der Waals surface area (Å²) in [6.45, 7) is 7.22. The van der Waals surface area contributed by atoms with Crippen LogP contribution in [0, 0.1) is 6.92 Å². The fourth-order valence-electron chi connectivity index (χ4n) is 1.78. The van der Waals surface area contributed by atoms with E-state index in [1.165, 1.54) is 0 Å². The molecule has 0 aliphatic heterocycles. The third-order valence-corrected chi connectivity index (χ3v) is 2.59. The number of aldehydes is 1. The van der Waals surface area contributed by atoms with Crippen LogP contribution in [0.1, 0.15) is 29.9 Å². The van der Waals surface area contributed by atoms with Gasteiger partial charge in [-0.05, 0) is 20.8 Å². The van der Waals surface area contributed by atoms with Gasteiger partial charge in [-0.15, -0.1) is 0 Å². The van der Waals surface area contributed by atoms with Crippen molar-refractivity contribution in [3.05, 3.63) is 11.3 Å². The molecule has 1 rings (SSSR count). The van der Waals surface area contributed by atoms with Crippen molar-refractivity contribution in [2.24, 2.45) is 7.05 Å². The van der Waals surface area contributed by atoms with Crippen molar-refractivity contribution in [3.63, 3.8) is 0 Å². The Hall–Kier alpha value is -1.36. The van der Waals surface area contributed by atoms with Gasteiger partial charge in [0.1, 0.15) is 5.82 Å². The SMILES string of the molecule is Cc1nn(C)c(N(C)CCOC(C)C)c1C=O. The molecule has 17 heavy (non-hydrogen) atoms. The molecule has 0 N–H and O–H groups in total. The number of nitrogens with zero attached hydrogens (tertiary/aromatic N) is 3. The van der Waals surface area contributed by atoms with Gasteiger partial charge in [0.25, 0.3) is 0 Å². The van der Waals surface area contributed by atoms with Gasteiger partial charge in [-0.2, -0.15) is 5.10 Å². The molecule has 0 bridgehead atoms. The van der Waals surface area contributed by atoms with E-state index in [-0.39, 0.29) is 6.10 Å². The van der Waals surface area contributed by atoms with Crippen molar-refractivity contribution in [2.45, 2.75) is 26.9 Å². The molecule has 5 heteroatoms. The summed E-state index contributed by atoms with van der Waals surface area (Å²) in [5.41, 5.74) is 1.41. The van der Waals surface area contributed by atoms with Gasteiger partial charge in [0.05, 0.1) is 24.0 Å². The topological polar surface area (TPSA) is 47.4 Å². The van der Waals surface area contributed by atoms with Crippen molar-refractivity contribution in [1.82, 2.24) is 9.78 Å². The van der Waals surface area contributed by atoms with Gasteiger partial charge in [-0.3, -0.25) is 9.48 Å². The second-order valence-electron chi connectivity index (χ2n) is 4.41. The van der Waals surface area contributed by atoms with E-state index >= 15 is 0 Å². The lowest BCUT2D eigenvalue weighted by Crippen LogP contribution is -2.26. The van der Waals surface area contributed by atoms with E-state index in [1.807, 2.05) is 39.8 Å². The Kier molecular flexibility index (Phi) is 4.69. The van der Waals surface area contributed by atoms with Crippen LogP contribution in [0.2, 0.25) is 0 Å². The summed E-state index contributed by atoms with van der Waals surface area (Å²) in [5, 5.41) is 4.25. The molecular formula is C12H21N3O2. The van der Waals surface area contributed by atoms with Crippen LogP contribution in [0.15, 0.2) is 0 Å². The van der Waals surface area contributed by atoms with Crippen LogP contribution in [0.4, 0.5) is 5.82 Å². The maximum atomic E-state index is 11.0. The lowest BCUT2D eigenvalue weighted by Gasteiger charge is -2.20. The first-order chi connectivity index (χ1) is 7.97. The van der Waals surface area contributed by atoms with Gasteiger partial charge in [0.15, 0.2) is 6.29 Å². The standard InChI is InChI=1S/C12H21N3O2/c1-9(2)17-7-6-14(4)12-11(8-16)10(3)13-15(12)5/h8-9H,6-7H2,1-5H3. The number of carbonyl (C=O) groups excluding carboxylic acids is 1. The lowest BCUT2D eigenvalue weighted by molar-refractivity contribution is 0.0844. The molecule has 0 aromatic carbocycles. The van der Waals surface area contributed by atoms with Gasteiger partial charge in [-0.1, -0.05) is 0 Å². The van der Waals surface area contributed by atoms with E-state index in [1.54, 1.807) is 4.68 Å². The van der Waals surface area contributed by atoms with E-state index in [2.05, 4.69) is 5.10 Å². The van der Waals surface area contributed by atoms with Crippen molar-refractivity contribution in [2.75, 3.05) is 25.1 Å². The molecule has 1 aromatic heterocycles. The zero-order valence-electron chi connectivity index (χ0n) is 11.2. The Bertz CT molecular complexity index is 385. The molecule has 0 amide bonds. The number of ether oxygens (including phenoxy) is 1. The molecular weight excluding hydrogens is 218 g/mol. The second kappa shape index (κ2) is 5.82. The number of hydrogen-bond donors (Lipinski definition) is 0. The molecule has 0 saturated heterocycles. The number of anilines is 1. The van der Waals surface area contributed by atoms with Crippen LogP contribution >= 0.6 is 0 Å². The molecule has 1 heterocycles. The molecule has 0 aliphatic carbocycles. The minimum absolute atomic E-state index is 0.224. The van der Waals surface area contributed by atoms with E-state index in [0.29, 0.717) is 12.2 Å². The molecule has 5 nitrogen and oxygen atoms in total. The summed E-state index contributed by atoms with van der Waals surface area (Å²) < 4.78 is 7.23. The number of aryl methyl sites for hydroxylation is 2. The van der Waals surface area contributed by atoms with Crippen LogP contribution in [-0.2, 0) is 11.8 Å². The number of rotatable bonds is 6. The van der Waals surface area contributed by atoms with Crippen LogP contribution in [0.25, 0.3) is 0 Å². The van der Waals surface area contributed by atoms with E-state index in [4.69, 9.17) is 4.74 Å². The predicted molar refractivity (Wildman–Crippen MR) is 67.7 cm³/mol. The van der Waals surface area contributed by atoms with Crippen LogP contribution in [0.3, 0.4) is 0 Å². The van der Waals surface area contributed by atoms with Crippen LogP contribution in [-0.4, -0.2) is 42.4 Å². The fourth-order valence-corrected chi connectivity index (χ4v) is 1.78. The van der Waals surface area contributed by atoms with Gasteiger partial charge >= 0.3 is 0 Å². The van der Waals surface area contributed by atoms with Crippen molar-refractivity contribution < 1.29 is 9.53 Å². The normalized spacial score (nSPS) is 10.9. The summed E-state index contributed by atoms with van der Waals surface area (Å²) in [7, 11) is 3.78. The summed E-state index contributed by atoms with van der Waals surface area (Å²) in [6.07, 6.45) is 1.08. The molecule has 0 atom stereocenters. The Morgan fingerprint density at radius 2 is 2.18 bits per heavy atom. The molecule has 96 valence electrons. The van der Waals surface area contributed by atoms with Gasteiger partial charge < -0.3 is 9.64 Å². The van der Waals surface area contributed by atoms with Crippen molar-refractivity contribution >= 4 is 12.1 Å². The van der Waals surface area contributed by atoms with E-state index < -0.39 is 0 Å². The molecule has 0 aliphatic rings. The average molecular weight is 239 g/mol. The quantitative estimate of drug-likeness (QED) is 0.704. The Labute approximate surface area is 102 Å². The zero-order chi connectivity index (χ0) is 13.0. The third kappa shape index (κ3) is 3.30. The zero-order valence-corrected chi connectivity index (χ0v) is 11.2. The highest BCUT2D eigenvalue weighted by molar-refractivity contribution is 5.84. The molecule has 0 radical (unpaired) electrons. The summed E-state index contributed by atoms with van der Waals surface area (Å²) in [6, 6.07) is 0. The van der Waals surface area contributed by atoms with Gasteiger partial charge in [0, 0.05) is 20.6 Å². The summed E-state index contributed by atoms with van der Waals surface area (Å²) >= 11 is 0. The maximum Gasteiger partial charge on any atom is 0.155 e. The third-order valence-electron chi connectivity index (χ3n) is 2.59. The largest absolute Gasteiger partial charge is 0.377 e. The van der Waals surface area contributed by atoms with E-state index in [9.17, 15) is 4.79 Å². The number of aromatic nitrogens is 2. The monoisotopic (exact) mass is 239 g/mol. The fraction of sp³-hybridized carbons (Fsp3) is 0.667. The number of hydrogen-bond acceptors (Lipinski definition) is 4. The Balaban J connectivity index is 2.74.